The van der Waals surface area contributed by atoms with Gasteiger partial charge in [-0.1, -0.05) is 36.3 Å². The number of carbonyl (C=O) groups is 2. The van der Waals surface area contributed by atoms with Crippen LogP contribution in [0, 0.1) is 17.8 Å². The van der Waals surface area contributed by atoms with Gasteiger partial charge < -0.3 is 9.47 Å². The van der Waals surface area contributed by atoms with Gasteiger partial charge in [0.2, 0.25) is 0 Å². The topological polar surface area (TPSA) is 52.6 Å². The average Bonchev–Trinajstić information content (AvgIpc) is 2.89. The molecule has 2 rings (SSSR count). The fraction of sp³-hybridized carbons (Fsp3) is 0.636. The van der Waals surface area contributed by atoms with E-state index in [2.05, 4.69) is 39.8 Å². The highest BCUT2D eigenvalue weighted by molar-refractivity contribution is 5.91. The minimum Gasteiger partial charge on any atom is -0.462 e. The smallest absolute Gasteiger partial charge is 0.334 e. The van der Waals surface area contributed by atoms with Crippen molar-refractivity contribution in [2.24, 2.45) is 17.8 Å². The maximum absolute atomic E-state index is 12.2. The summed E-state index contributed by atoms with van der Waals surface area (Å²) in [5, 5.41) is 0. The lowest BCUT2D eigenvalue weighted by molar-refractivity contribution is -0.151. The van der Waals surface area contributed by atoms with E-state index < -0.39 is 0 Å². The Morgan fingerprint density at radius 3 is 2.73 bits per heavy atom. The molecule has 0 amide bonds. The predicted octanol–water partition coefficient (Wildman–Crippen LogP) is 4.76. The van der Waals surface area contributed by atoms with E-state index in [1.54, 1.807) is 0 Å². The molecular formula is C22H32O4. The molecule has 1 aliphatic heterocycles. The highest BCUT2D eigenvalue weighted by Gasteiger charge is 2.43. The molecular weight excluding hydrogens is 328 g/mol. The number of hydrogen-bond acceptors (Lipinski definition) is 4. The molecule has 1 aliphatic carbocycles. The normalized spacial score (nSPS) is 29.0. The van der Waals surface area contributed by atoms with E-state index in [0.29, 0.717) is 18.9 Å². The lowest BCUT2D eigenvalue weighted by atomic mass is 9.73. The fourth-order valence-corrected chi connectivity index (χ4v) is 4.15. The molecule has 26 heavy (non-hydrogen) atoms. The molecule has 1 fully saturated rings. The zero-order valence-electron chi connectivity index (χ0n) is 16.7. The Kier molecular flexibility index (Phi) is 7.24. The van der Waals surface area contributed by atoms with Crippen molar-refractivity contribution in [1.82, 2.24) is 0 Å². The first-order chi connectivity index (χ1) is 12.3. The van der Waals surface area contributed by atoms with E-state index in [-0.39, 0.29) is 29.9 Å². The molecule has 2 aliphatic rings. The van der Waals surface area contributed by atoms with Crippen molar-refractivity contribution < 1.29 is 19.1 Å². The molecule has 0 saturated carbocycles. The van der Waals surface area contributed by atoms with Crippen LogP contribution in [0.1, 0.15) is 60.3 Å². The summed E-state index contributed by atoms with van der Waals surface area (Å²) in [6.45, 7) is 10.3. The third-order valence-electron chi connectivity index (χ3n) is 5.40. The predicted molar refractivity (Wildman–Crippen MR) is 102 cm³/mol. The van der Waals surface area contributed by atoms with Crippen molar-refractivity contribution in [1.29, 1.82) is 0 Å². The van der Waals surface area contributed by atoms with Gasteiger partial charge in [0, 0.05) is 30.8 Å². The quantitative estimate of drug-likeness (QED) is 0.524. The van der Waals surface area contributed by atoms with Gasteiger partial charge in [0.25, 0.3) is 0 Å². The third-order valence-corrected chi connectivity index (χ3v) is 5.40. The molecule has 0 N–H and O–H groups in total. The molecule has 0 bridgehead atoms. The number of carbonyl (C=O) groups excluding carboxylic acids is 2. The van der Waals surface area contributed by atoms with Crippen LogP contribution in [-0.2, 0) is 19.1 Å². The fourth-order valence-electron chi connectivity index (χ4n) is 4.15. The van der Waals surface area contributed by atoms with Crippen LogP contribution in [0.2, 0.25) is 0 Å². The minimum absolute atomic E-state index is 0.00662. The molecule has 0 aromatic rings. The third kappa shape index (κ3) is 5.33. The number of hydrogen-bond donors (Lipinski definition) is 0. The van der Waals surface area contributed by atoms with Crippen molar-refractivity contribution in [3.63, 3.8) is 0 Å². The van der Waals surface area contributed by atoms with Gasteiger partial charge >= 0.3 is 11.9 Å². The molecule has 0 aromatic heterocycles. The molecule has 1 saturated heterocycles. The summed E-state index contributed by atoms with van der Waals surface area (Å²) in [7, 11) is 0. The monoisotopic (exact) mass is 360 g/mol. The largest absolute Gasteiger partial charge is 0.462 e. The molecule has 0 unspecified atom stereocenters. The number of allylic oxidation sites excluding steroid dienone is 4. The highest BCUT2D eigenvalue weighted by Crippen LogP contribution is 2.40. The number of esters is 2. The Labute approximate surface area is 157 Å². The molecule has 4 heteroatoms. The Hall–Kier alpha value is -1.84. The van der Waals surface area contributed by atoms with Crippen molar-refractivity contribution in [2.45, 2.75) is 66.4 Å². The minimum atomic E-state index is -0.265. The van der Waals surface area contributed by atoms with Crippen LogP contribution in [-0.4, -0.2) is 24.6 Å². The van der Waals surface area contributed by atoms with Crippen LogP contribution in [0.3, 0.4) is 0 Å². The molecule has 0 radical (unpaired) electrons. The van der Waals surface area contributed by atoms with Crippen LogP contribution in [0.15, 0.2) is 34.9 Å². The zero-order chi connectivity index (χ0) is 19.3. The Morgan fingerprint density at radius 2 is 2.08 bits per heavy atom. The Balaban J connectivity index is 2.35. The maximum atomic E-state index is 12.2. The van der Waals surface area contributed by atoms with E-state index >= 15 is 0 Å². The maximum Gasteiger partial charge on any atom is 0.334 e. The van der Waals surface area contributed by atoms with Crippen LogP contribution < -0.4 is 0 Å². The SMILES string of the molecule is CC(=O)O[C@@H]1C/C(C)=C/CC=C2C(=O)OC[C@H]2[C@@H]1[C@H](C)CCC=C(C)C. The van der Waals surface area contributed by atoms with Crippen molar-refractivity contribution >= 4 is 11.9 Å². The highest BCUT2D eigenvalue weighted by atomic mass is 16.5. The molecule has 0 spiro atoms. The number of rotatable bonds is 5. The first-order valence-electron chi connectivity index (χ1n) is 9.63. The Bertz CT molecular complexity index is 622. The van der Waals surface area contributed by atoms with Crippen LogP contribution >= 0.6 is 0 Å². The van der Waals surface area contributed by atoms with E-state index in [4.69, 9.17) is 9.47 Å². The molecule has 0 aromatic carbocycles. The van der Waals surface area contributed by atoms with Crippen LogP contribution in [0.5, 0.6) is 0 Å². The molecule has 4 nitrogen and oxygen atoms in total. The molecule has 4 atom stereocenters. The summed E-state index contributed by atoms with van der Waals surface area (Å²) in [6.07, 6.45) is 9.53. The summed E-state index contributed by atoms with van der Waals surface area (Å²) < 4.78 is 11.1. The lowest BCUT2D eigenvalue weighted by Gasteiger charge is -2.35. The number of cyclic esters (lactones) is 1. The van der Waals surface area contributed by atoms with Gasteiger partial charge in [0.1, 0.15) is 6.10 Å². The van der Waals surface area contributed by atoms with Crippen LogP contribution in [0.25, 0.3) is 0 Å². The van der Waals surface area contributed by atoms with Gasteiger partial charge in [-0.05, 0) is 46.0 Å². The second-order valence-corrected chi connectivity index (χ2v) is 7.92. The summed E-state index contributed by atoms with van der Waals surface area (Å²) >= 11 is 0. The van der Waals surface area contributed by atoms with Gasteiger partial charge in [-0.3, -0.25) is 4.79 Å². The van der Waals surface area contributed by atoms with E-state index in [1.807, 2.05) is 6.08 Å². The second-order valence-electron chi connectivity index (χ2n) is 7.92. The summed E-state index contributed by atoms with van der Waals surface area (Å²) in [5.74, 6) is -0.106. The van der Waals surface area contributed by atoms with Gasteiger partial charge in [0.15, 0.2) is 0 Å². The average molecular weight is 360 g/mol. The van der Waals surface area contributed by atoms with Crippen molar-refractivity contribution in [3.05, 3.63) is 34.9 Å². The summed E-state index contributed by atoms with van der Waals surface area (Å²) in [6, 6.07) is 0. The number of fused-ring (bicyclic) bond motifs is 1. The summed E-state index contributed by atoms with van der Waals surface area (Å²) in [4.78, 5) is 24.0. The van der Waals surface area contributed by atoms with Crippen molar-refractivity contribution in [2.75, 3.05) is 6.61 Å². The Morgan fingerprint density at radius 1 is 1.35 bits per heavy atom. The molecule has 1 heterocycles. The lowest BCUT2D eigenvalue weighted by Crippen LogP contribution is -2.37. The van der Waals surface area contributed by atoms with Crippen molar-refractivity contribution in [3.8, 4) is 0 Å². The van der Waals surface area contributed by atoms with Gasteiger partial charge in [-0.15, -0.1) is 0 Å². The van der Waals surface area contributed by atoms with E-state index in [1.165, 1.54) is 18.1 Å². The van der Waals surface area contributed by atoms with E-state index in [0.717, 1.165) is 24.8 Å². The first kappa shape index (κ1) is 20.5. The second kappa shape index (κ2) is 9.20. The standard InChI is InChI=1S/C22H32O4/c1-14(2)8-6-10-16(4)21-19-13-25-22(24)18(19)11-7-9-15(3)12-20(21)26-17(5)23/h8-9,11,16,19-21H,6-7,10,12-13H2,1-5H3/b15-9+,18-11?/t16-,19-,20-,21+/m1/s1. The van der Waals surface area contributed by atoms with Crippen LogP contribution in [0.4, 0.5) is 0 Å². The van der Waals surface area contributed by atoms with Gasteiger partial charge in [-0.25, -0.2) is 4.79 Å². The van der Waals surface area contributed by atoms with E-state index in [9.17, 15) is 9.59 Å². The zero-order valence-corrected chi connectivity index (χ0v) is 16.7. The van der Waals surface area contributed by atoms with Gasteiger partial charge in [-0.2, -0.15) is 0 Å². The summed E-state index contributed by atoms with van der Waals surface area (Å²) in [5.41, 5.74) is 3.26. The molecule has 144 valence electrons. The number of ether oxygens (including phenoxy) is 2. The first-order valence-corrected chi connectivity index (χ1v) is 9.63. The van der Waals surface area contributed by atoms with Gasteiger partial charge in [0.05, 0.1) is 6.61 Å².